The van der Waals surface area contributed by atoms with Crippen molar-refractivity contribution in [2.24, 2.45) is 0 Å². The predicted molar refractivity (Wildman–Crippen MR) is 282 cm³/mol. The van der Waals surface area contributed by atoms with Crippen LogP contribution in [0.1, 0.15) is 235 Å². The van der Waals surface area contributed by atoms with Gasteiger partial charge in [0.25, 0.3) is 0 Å². The minimum absolute atomic E-state index is 0.0207. The minimum atomic E-state index is -0.159. The van der Waals surface area contributed by atoms with Crippen LogP contribution in [0.2, 0.25) is 0 Å². The standard InChI is InChI=1S/C56H109N5O7/c1-8-15-21-24-30-50(27-18-11-4)66-54(63)34-39-58(40-35-55(64)67-51(28-19-12-5)31-25-22-16-9-2)42-43-60(41-36-56(65)68-52(29-20-13-6)32-26-23-17-10-3)46-49-61-47-44-59(45-48-61)38-33-53(62)57-37-14-7/h50-52H,8-49H2,1-7H3,(H,57,62). The fraction of sp³-hybridized carbons (Fsp3) is 0.929. The zero-order chi connectivity index (χ0) is 49.9. The fourth-order valence-electron chi connectivity index (χ4n) is 9.05. The monoisotopic (exact) mass is 964 g/mol. The molecule has 0 bridgehead atoms. The minimum Gasteiger partial charge on any atom is -0.462 e. The molecule has 1 aliphatic rings. The van der Waals surface area contributed by atoms with Gasteiger partial charge in [0.05, 0.1) is 19.3 Å². The van der Waals surface area contributed by atoms with Crippen molar-refractivity contribution >= 4 is 23.8 Å². The molecule has 0 saturated carbocycles. The first-order valence-corrected chi connectivity index (χ1v) is 28.8. The van der Waals surface area contributed by atoms with Crippen molar-refractivity contribution in [2.45, 2.75) is 253 Å². The van der Waals surface area contributed by atoms with Crippen LogP contribution in [0.3, 0.4) is 0 Å². The summed E-state index contributed by atoms with van der Waals surface area (Å²) in [7, 11) is 0. The maximum Gasteiger partial charge on any atom is 0.307 e. The average molecular weight is 965 g/mol. The molecule has 3 unspecified atom stereocenters. The van der Waals surface area contributed by atoms with Gasteiger partial charge in [0.2, 0.25) is 5.91 Å². The van der Waals surface area contributed by atoms with Gasteiger partial charge in [0.15, 0.2) is 0 Å². The van der Waals surface area contributed by atoms with Gasteiger partial charge in [0.1, 0.15) is 18.3 Å². The van der Waals surface area contributed by atoms with E-state index in [-0.39, 0.29) is 55.0 Å². The third kappa shape index (κ3) is 35.8. The Bertz CT molecular complexity index is 1180. The fourth-order valence-corrected chi connectivity index (χ4v) is 9.05. The smallest absolute Gasteiger partial charge is 0.307 e. The van der Waals surface area contributed by atoms with Gasteiger partial charge in [0, 0.05) is 91.5 Å². The number of esters is 3. The highest BCUT2D eigenvalue weighted by molar-refractivity contribution is 5.76. The van der Waals surface area contributed by atoms with E-state index in [0.717, 1.165) is 155 Å². The van der Waals surface area contributed by atoms with Crippen molar-refractivity contribution in [1.82, 2.24) is 24.9 Å². The number of piperazine rings is 1. The molecule has 1 heterocycles. The van der Waals surface area contributed by atoms with Gasteiger partial charge in [-0.2, -0.15) is 0 Å². The van der Waals surface area contributed by atoms with E-state index < -0.39 is 0 Å². The maximum absolute atomic E-state index is 13.5. The number of carbonyl (C=O) groups is 4. The predicted octanol–water partition coefficient (Wildman–Crippen LogP) is 11.5. The number of carbonyl (C=O) groups excluding carboxylic acids is 4. The first-order chi connectivity index (χ1) is 33.1. The first kappa shape index (κ1) is 63.7. The van der Waals surface area contributed by atoms with Crippen LogP contribution >= 0.6 is 0 Å². The second-order valence-electron chi connectivity index (χ2n) is 20.0. The number of unbranched alkanes of at least 4 members (excludes halogenated alkanes) is 12. The van der Waals surface area contributed by atoms with Crippen molar-refractivity contribution in [1.29, 1.82) is 0 Å². The normalized spacial score (nSPS) is 14.8. The Morgan fingerprint density at radius 2 is 0.735 bits per heavy atom. The van der Waals surface area contributed by atoms with Crippen LogP contribution < -0.4 is 5.32 Å². The molecule has 12 heteroatoms. The lowest BCUT2D eigenvalue weighted by Gasteiger charge is -2.36. The number of nitrogens with one attached hydrogen (secondary N) is 1. The Kier molecular flexibility index (Phi) is 41.8. The molecule has 0 aromatic carbocycles. The zero-order valence-corrected chi connectivity index (χ0v) is 45.6. The molecule has 68 heavy (non-hydrogen) atoms. The van der Waals surface area contributed by atoms with Crippen molar-refractivity contribution in [3.8, 4) is 0 Å². The molecular weight excluding hydrogens is 855 g/mol. The summed E-state index contributed by atoms with van der Waals surface area (Å²) in [6, 6.07) is 0. The highest BCUT2D eigenvalue weighted by Crippen LogP contribution is 2.18. The number of hydrogen-bond donors (Lipinski definition) is 1. The molecule has 0 aromatic heterocycles. The van der Waals surface area contributed by atoms with Gasteiger partial charge in [-0.05, 0) is 64.2 Å². The van der Waals surface area contributed by atoms with E-state index in [2.05, 4.69) is 73.4 Å². The Hall–Kier alpha value is -2.28. The van der Waals surface area contributed by atoms with Crippen LogP contribution in [-0.4, -0.2) is 147 Å². The molecule has 0 spiro atoms. The number of ether oxygens (including phenoxy) is 3. The molecule has 12 nitrogen and oxygen atoms in total. The van der Waals surface area contributed by atoms with E-state index in [9.17, 15) is 19.2 Å². The number of rotatable bonds is 47. The molecule has 1 N–H and O–H groups in total. The highest BCUT2D eigenvalue weighted by Gasteiger charge is 2.23. The van der Waals surface area contributed by atoms with Crippen LogP contribution in [0.15, 0.2) is 0 Å². The second kappa shape index (κ2) is 44.6. The Morgan fingerprint density at radius 1 is 0.397 bits per heavy atom. The molecule has 1 aliphatic heterocycles. The van der Waals surface area contributed by atoms with Crippen LogP contribution in [0.5, 0.6) is 0 Å². The summed E-state index contributed by atoms with van der Waals surface area (Å²) < 4.78 is 18.5. The van der Waals surface area contributed by atoms with Crippen molar-refractivity contribution in [2.75, 3.05) is 85.1 Å². The third-order valence-corrected chi connectivity index (χ3v) is 13.7. The van der Waals surface area contributed by atoms with E-state index in [1.807, 2.05) is 0 Å². The summed E-state index contributed by atoms with van der Waals surface area (Å²) in [6.07, 6.45) is 28.1. The summed E-state index contributed by atoms with van der Waals surface area (Å²) >= 11 is 0. The third-order valence-electron chi connectivity index (χ3n) is 13.7. The molecule has 400 valence electrons. The molecule has 3 atom stereocenters. The lowest BCUT2D eigenvalue weighted by Crippen LogP contribution is -2.49. The number of hydrogen-bond acceptors (Lipinski definition) is 11. The Labute approximate surface area is 418 Å². The second-order valence-corrected chi connectivity index (χ2v) is 20.0. The quantitative estimate of drug-likeness (QED) is 0.0356. The van der Waals surface area contributed by atoms with E-state index in [1.165, 1.54) is 57.8 Å². The lowest BCUT2D eigenvalue weighted by molar-refractivity contribution is -0.152. The van der Waals surface area contributed by atoms with Gasteiger partial charge in [-0.3, -0.25) is 24.1 Å². The van der Waals surface area contributed by atoms with E-state index in [1.54, 1.807) is 0 Å². The molecule has 0 radical (unpaired) electrons. The lowest BCUT2D eigenvalue weighted by atomic mass is 10.0. The van der Waals surface area contributed by atoms with Crippen LogP contribution in [0, 0.1) is 0 Å². The topological polar surface area (TPSA) is 121 Å². The van der Waals surface area contributed by atoms with Gasteiger partial charge in [-0.15, -0.1) is 0 Å². The zero-order valence-electron chi connectivity index (χ0n) is 45.6. The summed E-state index contributed by atoms with van der Waals surface area (Å²) in [5.41, 5.74) is 0. The maximum atomic E-state index is 13.5. The Morgan fingerprint density at radius 3 is 1.09 bits per heavy atom. The van der Waals surface area contributed by atoms with Gasteiger partial charge < -0.3 is 34.2 Å². The molecule has 0 aromatic rings. The van der Waals surface area contributed by atoms with Gasteiger partial charge in [-0.25, -0.2) is 0 Å². The van der Waals surface area contributed by atoms with E-state index in [0.29, 0.717) is 45.6 Å². The first-order valence-electron chi connectivity index (χ1n) is 28.8. The molecule has 1 amide bonds. The summed E-state index contributed by atoms with van der Waals surface area (Å²) in [5, 5.41) is 3.00. The van der Waals surface area contributed by atoms with Gasteiger partial charge in [-0.1, -0.05) is 145 Å². The summed E-state index contributed by atoms with van der Waals surface area (Å²) in [6.45, 7) is 25.2. The van der Waals surface area contributed by atoms with Crippen molar-refractivity contribution < 1.29 is 33.4 Å². The SMILES string of the molecule is CCCCCCC(CCCC)OC(=O)CCN(CCC(=O)OC(CCCC)CCCCCC)CCN(CCC(=O)OC(CCCC)CCCCCC)CCN1CCN(CCC(=O)NCCC)CC1. The van der Waals surface area contributed by atoms with E-state index in [4.69, 9.17) is 14.2 Å². The molecule has 1 saturated heterocycles. The van der Waals surface area contributed by atoms with E-state index >= 15 is 0 Å². The van der Waals surface area contributed by atoms with Gasteiger partial charge >= 0.3 is 17.9 Å². The molecule has 1 rings (SSSR count). The summed E-state index contributed by atoms with van der Waals surface area (Å²) in [5.74, 6) is -0.311. The van der Waals surface area contributed by atoms with Crippen LogP contribution in [0.25, 0.3) is 0 Å². The van der Waals surface area contributed by atoms with Crippen molar-refractivity contribution in [3.63, 3.8) is 0 Å². The largest absolute Gasteiger partial charge is 0.462 e. The molecule has 1 fully saturated rings. The highest BCUT2D eigenvalue weighted by atomic mass is 16.6. The number of nitrogens with zero attached hydrogens (tertiary/aromatic N) is 4. The number of amides is 1. The van der Waals surface area contributed by atoms with Crippen LogP contribution in [-0.2, 0) is 33.4 Å². The molecule has 0 aliphatic carbocycles. The average Bonchev–Trinajstić information content (AvgIpc) is 3.34. The molecular formula is C56H109N5O7. The summed E-state index contributed by atoms with van der Waals surface area (Å²) in [4.78, 5) is 62.3. The Balaban J connectivity index is 3.16. The van der Waals surface area contributed by atoms with Crippen LogP contribution in [0.4, 0.5) is 0 Å². The van der Waals surface area contributed by atoms with Crippen molar-refractivity contribution in [3.05, 3.63) is 0 Å².